The van der Waals surface area contributed by atoms with Crippen LogP contribution in [-0.2, 0) is 4.79 Å². The van der Waals surface area contributed by atoms with Crippen LogP contribution in [0.4, 0.5) is 4.39 Å². The molecule has 1 saturated carbocycles. The van der Waals surface area contributed by atoms with E-state index in [4.69, 9.17) is 0 Å². The minimum atomic E-state index is -0.439. The fourth-order valence-corrected chi connectivity index (χ4v) is 7.64. The van der Waals surface area contributed by atoms with Crippen LogP contribution >= 0.6 is 0 Å². The molecule has 7 rings (SSSR count). The molecule has 1 aliphatic carbocycles. The third-order valence-corrected chi connectivity index (χ3v) is 9.62. The number of pyridine rings is 1. The third-order valence-electron chi connectivity index (χ3n) is 9.62. The van der Waals surface area contributed by atoms with Crippen molar-refractivity contribution in [2.75, 3.05) is 13.1 Å². The van der Waals surface area contributed by atoms with Crippen molar-refractivity contribution in [3.63, 3.8) is 0 Å². The molecule has 7 nitrogen and oxygen atoms in total. The summed E-state index contributed by atoms with van der Waals surface area (Å²) in [6, 6.07) is 6.65. The molecule has 2 aromatic heterocycles. The maximum atomic E-state index is 14.6. The molecule has 0 unspecified atom stereocenters. The fraction of sp³-hybridized carbons (Fsp3) is 0.500. The van der Waals surface area contributed by atoms with Crippen LogP contribution < -0.4 is 5.32 Å². The molecule has 5 heterocycles. The van der Waals surface area contributed by atoms with Gasteiger partial charge in [-0.3, -0.25) is 14.6 Å². The van der Waals surface area contributed by atoms with Crippen molar-refractivity contribution in [3.05, 3.63) is 72.0 Å². The number of nitrogens with one attached hydrogen (secondary N) is 1. The van der Waals surface area contributed by atoms with E-state index in [2.05, 4.69) is 23.1 Å². The van der Waals surface area contributed by atoms with Gasteiger partial charge in [0.1, 0.15) is 5.82 Å². The monoisotopic (exact) mass is 571 g/mol. The number of aromatic nitrogens is 2. The molecule has 4 aliphatic rings. The van der Waals surface area contributed by atoms with E-state index < -0.39 is 5.82 Å². The zero-order valence-corrected chi connectivity index (χ0v) is 25.1. The van der Waals surface area contributed by atoms with Crippen LogP contribution in [0.25, 0.3) is 16.6 Å². The zero-order valence-electron chi connectivity index (χ0n) is 25.1. The average molecular weight is 572 g/mol. The van der Waals surface area contributed by atoms with Crippen LogP contribution in [-0.4, -0.2) is 68.4 Å². The van der Waals surface area contributed by atoms with Crippen LogP contribution in [0.3, 0.4) is 0 Å². The highest BCUT2D eigenvalue weighted by Crippen LogP contribution is 2.39. The first-order valence-corrected chi connectivity index (χ1v) is 15.4. The van der Waals surface area contributed by atoms with E-state index in [0.717, 1.165) is 43.0 Å². The fourth-order valence-electron chi connectivity index (χ4n) is 7.64. The van der Waals surface area contributed by atoms with Crippen molar-refractivity contribution in [2.45, 2.75) is 89.9 Å². The predicted octanol–water partition coefficient (Wildman–Crippen LogP) is 5.83. The number of likely N-dealkylation sites (tertiary alicyclic amines) is 1. The minimum Gasteiger partial charge on any atom is -0.341 e. The van der Waals surface area contributed by atoms with Gasteiger partial charge < -0.3 is 19.7 Å². The van der Waals surface area contributed by atoms with Crippen LogP contribution in [0.15, 0.2) is 55.0 Å². The number of hydrogen-bond donors (Lipinski definition) is 1. The molecule has 0 radical (unpaired) electrons. The number of benzene rings is 1. The Hall–Kier alpha value is -3.52. The summed E-state index contributed by atoms with van der Waals surface area (Å²) in [4.78, 5) is 35.6. The summed E-state index contributed by atoms with van der Waals surface area (Å²) in [5, 5.41) is 4.66. The third kappa shape index (κ3) is 5.04. The van der Waals surface area contributed by atoms with E-state index in [1.807, 2.05) is 49.4 Å². The maximum absolute atomic E-state index is 14.6. The van der Waals surface area contributed by atoms with Crippen molar-refractivity contribution >= 4 is 22.7 Å². The van der Waals surface area contributed by atoms with Gasteiger partial charge in [-0.25, -0.2) is 4.39 Å². The van der Waals surface area contributed by atoms with Gasteiger partial charge in [-0.15, -0.1) is 0 Å². The second kappa shape index (κ2) is 11.3. The first-order valence-electron chi connectivity index (χ1n) is 15.4. The molecule has 42 heavy (non-hydrogen) atoms. The van der Waals surface area contributed by atoms with Crippen LogP contribution in [0.2, 0.25) is 0 Å². The molecule has 1 aromatic carbocycles. The molecule has 3 aromatic rings. The molecule has 3 saturated heterocycles. The lowest BCUT2D eigenvalue weighted by Gasteiger charge is -2.46. The normalized spacial score (nSPS) is 22.9. The number of amides is 2. The molecule has 0 spiro atoms. The van der Waals surface area contributed by atoms with Crippen molar-refractivity contribution in [2.24, 2.45) is 5.92 Å². The van der Waals surface area contributed by atoms with Crippen LogP contribution in [0, 0.1) is 11.7 Å². The van der Waals surface area contributed by atoms with Crippen molar-refractivity contribution in [1.29, 1.82) is 0 Å². The second-order valence-electron chi connectivity index (χ2n) is 12.9. The van der Waals surface area contributed by atoms with Gasteiger partial charge in [-0.1, -0.05) is 12.2 Å². The van der Waals surface area contributed by atoms with Gasteiger partial charge in [-0.2, -0.15) is 0 Å². The average Bonchev–Trinajstić information content (AvgIpc) is 3.36. The highest BCUT2D eigenvalue weighted by atomic mass is 19.1. The highest BCUT2D eigenvalue weighted by molar-refractivity contribution is 5.99. The van der Waals surface area contributed by atoms with Gasteiger partial charge in [0.2, 0.25) is 5.91 Å². The van der Waals surface area contributed by atoms with E-state index in [1.165, 1.54) is 23.3 Å². The number of carbonyl (C=O) groups excluding carboxylic acids is 2. The number of nitrogens with zero attached hydrogens (tertiary/aromatic N) is 4. The molecule has 2 bridgehead atoms. The Balaban J connectivity index is 1.28. The Kier molecular flexibility index (Phi) is 7.68. The molecule has 2 amide bonds. The van der Waals surface area contributed by atoms with E-state index in [0.29, 0.717) is 30.4 Å². The number of hydrogen-bond acceptors (Lipinski definition) is 4. The summed E-state index contributed by atoms with van der Waals surface area (Å²) in [5.74, 6) is 0.0888. The van der Waals surface area contributed by atoms with Gasteiger partial charge in [0.05, 0.1) is 29.0 Å². The molecular formula is C34H42FN5O2. The summed E-state index contributed by atoms with van der Waals surface area (Å²) >= 11 is 0. The predicted molar refractivity (Wildman–Crippen MR) is 163 cm³/mol. The Labute approximate surface area is 247 Å². The molecule has 3 aliphatic heterocycles. The summed E-state index contributed by atoms with van der Waals surface area (Å²) in [7, 11) is 0. The highest BCUT2D eigenvalue weighted by Gasteiger charge is 2.43. The number of carbonyl (C=O) groups is 2. The first-order chi connectivity index (χ1) is 20.1. The van der Waals surface area contributed by atoms with Crippen LogP contribution in [0.5, 0.6) is 0 Å². The molecule has 1 N–H and O–H groups in total. The van der Waals surface area contributed by atoms with Gasteiger partial charge in [-0.05, 0) is 95.5 Å². The van der Waals surface area contributed by atoms with Crippen molar-refractivity contribution in [3.8, 4) is 5.69 Å². The van der Waals surface area contributed by atoms with Gasteiger partial charge in [0.15, 0.2) is 0 Å². The lowest BCUT2D eigenvalue weighted by molar-refractivity contribution is -0.137. The minimum absolute atomic E-state index is 0.0304. The molecule has 8 heteroatoms. The second-order valence-corrected chi connectivity index (χ2v) is 12.9. The first kappa shape index (κ1) is 28.6. The van der Waals surface area contributed by atoms with Gasteiger partial charge in [0.25, 0.3) is 5.91 Å². The zero-order chi connectivity index (χ0) is 29.7. The topological polar surface area (TPSA) is 70.5 Å². The number of piperidine rings is 3. The van der Waals surface area contributed by atoms with Gasteiger partial charge >= 0.3 is 0 Å². The van der Waals surface area contributed by atoms with Crippen molar-refractivity contribution < 1.29 is 14.0 Å². The van der Waals surface area contributed by atoms with E-state index in [9.17, 15) is 14.0 Å². The number of rotatable bonds is 6. The Bertz CT molecular complexity index is 1510. The lowest BCUT2D eigenvalue weighted by Crippen LogP contribution is -2.60. The summed E-state index contributed by atoms with van der Waals surface area (Å²) < 4.78 is 16.6. The molecular weight excluding hydrogens is 529 g/mol. The quantitative estimate of drug-likeness (QED) is 0.378. The summed E-state index contributed by atoms with van der Waals surface area (Å²) in [5.41, 5.74) is 4.26. The van der Waals surface area contributed by atoms with Crippen molar-refractivity contribution in [1.82, 2.24) is 24.7 Å². The summed E-state index contributed by atoms with van der Waals surface area (Å²) in [6.07, 6.45) is 10.6. The van der Waals surface area contributed by atoms with E-state index in [-0.39, 0.29) is 41.8 Å². The Morgan fingerprint density at radius 1 is 1.07 bits per heavy atom. The van der Waals surface area contributed by atoms with E-state index >= 15 is 0 Å². The largest absolute Gasteiger partial charge is 0.341 e. The smallest absolute Gasteiger partial charge is 0.256 e. The molecule has 3 atom stereocenters. The van der Waals surface area contributed by atoms with Crippen LogP contribution in [0.1, 0.15) is 81.6 Å². The molecule has 222 valence electrons. The summed E-state index contributed by atoms with van der Waals surface area (Å²) in [6.45, 7) is 13.6. The Morgan fingerprint density at radius 2 is 1.81 bits per heavy atom. The van der Waals surface area contributed by atoms with E-state index in [1.54, 1.807) is 17.2 Å². The number of halogens is 1. The Morgan fingerprint density at radius 3 is 2.48 bits per heavy atom. The lowest BCUT2D eigenvalue weighted by atomic mass is 9.73. The van der Waals surface area contributed by atoms with Gasteiger partial charge in [0, 0.05) is 54.9 Å². The standard InChI is InChI=1S/C34H42FN5O2/c1-20(2)40(21(3)4)33(41)28-17-24(35)6-9-30(28)39-19-29(27-10-13-36-18-31(27)39)23-11-14-38(15-12-23)34(42)32-26-8-7-25(37-32)16-22(26)5/h6,9-10,13,17-21,23,25-26,32,37H,5,7-8,11-12,14-16H2,1-4H3/t25-,26+,32-/m0/s1. The maximum Gasteiger partial charge on any atom is 0.256 e. The SMILES string of the molecule is C=C1C[C@@H]2CC[C@H]1[C@@H](C(=O)N1CCC(c3cn(-c4ccc(F)cc4C(=O)N(C(C)C)C(C)C)c4cnccc34)CC1)N2. The number of fused-ring (bicyclic) bond motifs is 4. The molecule has 4 fully saturated rings.